The number of fused-ring (bicyclic) bond motifs is 2. The highest BCUT2D eigenvalue weighted by Crippen LogP contribution is 2.39. The first-order chi connectivity index (χ1) is 13.1. The van der Waals surface area contributed by atoms with Crippen molar-refractivity contribution in [3.05, 3.63) is 24.3 Å². The lowest BCUT2D eigenvalue weighted by Crippen LogP contribution is -2.48. The summed E-state index contributed by atoms with van der Waals surface area (Å²) in [5.41, 5.74) is 0. The minimum Gasteiger partial charge on any atom is -0.487 e. The Labute approximate surface area is 162 Å². The second kappa shape index (κ2) is 8.07. The first-order valence-electron chi connectivity index (χ1n) is 10.2. The number of ether oxygens (including phenoxy) is 2. The summed E-state index contributed by atoms with van der Waals surface area (Å²) in [5, 5.41) is 0. The van der Waals surface area contributed by atoms with Crippen molar-refractivity contribution in [1.29, 1.82) is 0 Å². The van der Waals surface area contributed by atoms with E-state index in [1.165, 1.54) is 0 Å². The lowest BCUT2D eigenvalue weighted by atomic mass is 10.1. The van der Waals surface area contributed by atoms with Crippen LogP contribution in [0, 0.1) is 5.92 Å². The number of nitrogens with zero attached hydrogens (tertiary/aromatic N) is 2. The number of likely N-dealkylation sites (tertiary alicyclic amines) is 1. The van der Waals surface area contributed by atoms with E-state index in [0.29, 0.717) is 23.1 Å². The van der Waals surface area contributed by atoms with Gasteiger partial charge in [-0.1, -0.05) is 12.1 Å². The summed E-state index contributed by atoms with van der Waals surface area (Å²) < 4.78 is 40.5. The summed E-state index contributed by atoms with van der Waals surface area (Å²) in [6.07, 6.45) is 3.80. The molecule has 7 heteroatoms. The van der Waals surface area contributed by atoms with Crippen LogP contribution in [0.1, 0.15) is 32.6 Å². The number of rotatable bonds is 6. The van der Waals surface area contributed by atoms with Crippen LogP contribution in [-0.4, -0.2) is 69.2 Å². The van der Waals surface area contributed by atoms with Gasteiger partial charge in [-0.2, -0.15) is 4.31 Å². The first kappa shape index (κ1) is 19.2. The van der Waals surface area contributed by atoms with E-state index in [4.69, 9.17) is 9.47 Å². The van der Waals surface area contributed by atoms with Crippen LogP contribution in [0.25, 0.3) is 0 Å². The summed E-state index contributed by atoms with van der Waals surface area (Å²) in [4.78, 5) is 2.70. The quantitative estimate of drug-likeness (QED) is 0.693. The molecule has 1 aromatic carbocycles. The van der Waals surface area contributed by atoms with Crippen LogP contribution >= 0.6 is 0 Å². The van der Waals surface area contributed by atoms with Gasteiger partial charge in [0, 0.05) is 26.2 Å². The van der Waals surface area contributed by atoms with Crippen molar-refractivity contribution < 1.29 is 17.9 Å². The molecule has 150 valence electrons. The van der Waals surface area contributed by atoms with Gasteiger partial charge in [0.05, 0.1) is 12.6 Å². The molecule has 0 unspecified atom stereocenters. The van der Waals surface area contributed by atoms with Gasteiger partial charge in [0.25, 0.3) is 0 Å². The fraction of sp³-hybridized carbons (Fsp3) is 0.700. The van der Waals surface area contributed by atoms with Gasteiger partial charge in [0.2, 0.25) is 10.0 Å². The van der Waals surface area contributed by atoms with Gasteiger partial charge in [-0.05, 0) is 57.2 Å². The summed E-state index contributed by atoms with van der Waals surface area (Å²) in [5.74, 6) is 1.01. The number of para-hydroxylation sites is 1. The average molecular weight is 395 g/mol. The molecule has 1 saturated heterocycles. The second-order valence-corrected chi connectivity index (χ2v) is 9.66. The molecular weight excluding hydrogens is 364 g/mol. The van der Waals surface area contributed by atoms with Crippen molar-refractivity contribution in [3.63, 3.8) is 0 Å². The van der Waals surface area contributed by atoms with Gasteiger partial charge in [-0.25, -0.2) is 8.42 Å². The van der Waals surface area contributed by atoms with E-state index in [-0.39, 0.29) is 12.1 Å². The number of sulfonamides is 1. The molecule has 0 radical (unpaired) electrons. The minimum absolute atomic E-state index is 0.0971. The Hall–Kier alpha value is -1.15. The normalized spacial score (nSPS) is 28.5. The molecule has 0 bridgehead atoms. The van der Waals surface area contributed by atoms with Crippen molar-refractivity contribution in [2.75, 3.05) is 39.4 Å². The van der Waals surface area contributed by atoms with Gasteiger partial charge in [-0.15, -0.1) is 0 Å². The van der Waals surface area contributed by atoms with Crippen LogP contribution in [0.2, 0.25) is 0 Å². The zero-order chi connectivity index (χ0) is 18.9. The standard InChI is InChI=1S/C20H30N2O4S/c1-2-25-14-13-21-11-9-17-18(10-12-21)26-19-5-3-4-6-20(19)27(23,24)22(17)15-16-7-8-16/h3-6,16-18H,2,7-15H2,1H3/t17-,18-/m0/s1. The fourth-order valence-electron chi connectivity index (χ4n) is 4.16. The molecule has 2 atom stereocenters. The molecule has 0 amide bonds. The molecule has 1 aromatic rings. The van der Waals surface area contributed by atoms with E-state index in [9.17, 15) is 8.42 Å². The second-order valence-electron chi connectivity index (χ2n) is 7.80. The van der Waals surface area contributed by atoms with E-state index in [1.54, 1.807) is 22.5 Å². The Bertz CT molecular complexity index is 750. The van der Waals surface area contributed by atoms with E-state index >= 15 is 0 Å². The first-order valence-corrected chi connectivity index (χ1v) is 11.6. The van der Waals surface area contributed by atoms with E-state index < -0.39 is 10.0 Å². The lowest BCUT2D eigenvalue weighted by Gasteiger charge is -2.31. The van der Waals surface area contributed by atoms with Crippen LogP contribution in [-0.2, 0) is 14.8 Å². The third kappa shape index (κ3) is 4.16. The Morgan fingerprint density at radius 2 is 1.93 bits per heavy atom. The molecule has 1 aliphatic carbocycles. The molecule has 1 saturated carbocycles. The van der Waals surface area contributed by atoms with Crippen LogP contribution in [0.15, 0.2) is 29.2 Å². The predicted octanol–water partition coefficient (Wildman–Crippen LogP) is 2.35. The zero-order valence-electron chi connectivity index (χ0n) is 16.0. The molecule has 0 N–H and O–H groups in total. The number of hydrogen-bond acceptors (Lipinski definition) is 5. The Morgan fingerprint density at radius 1 is 1.15 bits per heavy atom. The van der Waals surface area contributed by atoms with Crippen molar-refractivity contribution in [2.24, 2.45) is 5.92 Å². The van der Waals surface area contributed by atoms with Crippen molar-refractivity contribution in [1.82, 2.24) is 9.21 Å². The molecular formula is C20H30N2O4S. The Balaban J connectivity index is 1.60. The average Bonchev–Trinajstić information content (AvgIpc) is 3.49. The summed E-state index contributed by atoms with van der Waals surface area (Å²) in [6.45, 7) is 6.76. The van der Waals surface area contributed by atoms with E-state index in [2.05, 4.69) is 4.90 Å². The van der Waals surface area contributed by atoms with Crippen molar-refractivity contribution >= 4 is 10.0 Å². The number of hydrogen-bond donors (Lipinski definition) is 0. The van der Waals surface area contributed by atoms with E-state index in [0.717, 1.165) is 58.5 Å². The molecule has 0 spiro atoms. The van der Waals surface area contributed by atoms with Crippen LogP contribution in [0.4, 0.5) is 0 Å². The maximum atomic E-state index is 13.5. The highest BCUT2D eigenvalue weighted by molar-refractivity contribution is 7.89. The van der Waals surface area contributed by atoms with Crippen LogP contribution < -0.4 is 4.74 Å². The molecule has 6 nitrogen and oxygen atoms in total. The van der Waals surface area contributed by atoms with Gasteiger partial charge in [0.1, 0.15) is 16.7 Å². The fourth-order valence-corrected chi connectivity index (χ4v) is 6.04. The van der Waals surface area contributed by atoms with Gasteiger partial charge >= 0.3 is 0 Å². The van der Waals surface area contributed by atoms with Gasteiger partial charge in [0.15, 0.2) is 0 Å². The summed E-state index contributed by atoms with van der Waals surface area (Å²) >= 11 is 0. The van der Waals surface area contributed by atoms with E-state index in [1.807, 2.05) is 13.0 Å². The third-order valence-corrected chi connectivity index (χ3v) is 7.81. The van der Waals surface area contributed by atoms with Crippen molar-refractivity contribution in [3.8, 4) is 5.75 Å². The maximum Gasteiger partial charge on any atom is 0.247 e. The highest BCUT2D eigenvalue weighted by Gasteiger charge is 2.45. The molecule has 2 heterocycles. The topological polar surface area (TPSA) is 59.1 Å². The zero-order valence-corrected chi connectivity index (χ0v) is 16.9. The number of benzene rings is 1. The summed E-state index contributed by atoms with van der Waals surface area (Å²) in [7, 11) is -3.53. The van der Waals surface area contributed by atoms with Gasteiger partial charge < -0.3 is 14.4 Å². The smallest absolute Gasteiger partial charge is 0.247 e. The monoisotopic (exact) mass is 394 g/mol. The van der Waals surface area contributed by atoms with Crippen LogP contribution in [0.3, 0.4) is 0 Å². The molecule has 27 heavy (non-hydrogen) atoms. The predicted molar refractivity (Wildman–Crippen MR) is 103 cm³/mol. The molecule has 4 rings (SSSR count). The molecule has 0 aromatic heterocycles. The Morgan fingerprint density at radius 3 is 2.70 bits per heavy atom. The maximum absolute atomic E-state index is 13.5. The molecule has 3 aliphatic rings. The largest absolute Gasteiger partial charge is 0.487 e. The van der Waals surface area contributed by atoms with Gasteiger partial charge in [-0.3, -0.25) is 0 Å². The third-order valence-electron chi connectivity index (χ3n) is 5.88. The lowest BCUT2D eigenvalue weighted by molar-refractivity contribution is 0.107. The molecule has 2 fully saturated rings. The minimum atomic E-state index is -3.53. The SMILES string of the molecule is CCOCCN1CC[C@@H]2Oc3ccccc3S(=O)(=O)N(CC3CC3)[C@H]2CC1. The molecule has 2 aliphatic heterocycles. The Kier molecular flexibility index (Phi) is 5.73. The summed E-state index contributed by atoms with van der Waals surface area (Å²) in [6, 6.07) is 7.02. The highest BCUT2D eigenvalue weighted by atomic mass is 32.2. The van der Waals surface area contributed by atoms with Crippen molar-refractivity contribution in [2.45, 2.75) is 49.6 Å². The van der Waals surface area contributed by atoms with Crippen LogP contribution in [0.5, 0.6) is 5.75 Å².